The van der Waals surface area contributed by atoms with Crippen molar-refractivity contribution < 1.29 is 0 Å². The zero-order valence-electron chi connectivity index (χ0n) is 6.39. The first-order valence-corrected chi connectivity index (χ1v) is 3.27. The van der Waals surface area contributed by atoms with Crippen LogP contribution in [0.15, 0.2) is 12.1 Å². The van der Waals surface area contributed by atoms with Crippen LogP contribution in [0.5, 0.6) is 0 Å². The average molecular weight is 149 g/mol. The Morgan fingerprint density at radius 1 is 0.917 bits per heavy atom. The van der Waals surface area contributed by atoms with Crippen LogP contribution >= 0.6 is 0 Å². The Hall–Kier alpha value is -2.10. The molecule has 1 rings (SSSR count). The topological polar surface area (TPSA) is 0 Å². The van der Waals surface area contributed by atoms with Gasteiger partial charge in [-0.15, -0.1) is 19.3 Å². The molecule has 12 heavy (non-hydrogen) atoms. The largest absolute Gasteiger partial charge is 0.115 e. The van der Waals surface area contributed by atoms with Crippen LogP contribution in [0, 0.1) is 43.1 Å². The second-order valence-corrected chi connectivity index (χ2v) is 2.13. The highest BCUT2D eigenvalue weighted by Crippen LogP contribution is 2.06. The van der Waals surface area contributed by atoms with E-state index in [1.165, 1.54) is 0 Å². The van der Waals surface area contributed by atoms with Gasteiger partial charge >= 0.3 is 0 Å². The third-order valence-corrected chi connectivity index (χ3v) is 1.35. The minimum atomic E-state index is 0.596. The minimum Gasteiger partial charge on any atom is -0.115 e. The lowest BCUT2D eigenvalue weighted by Crippen LogP contribution is -1.83. The van der Waals surface area contributed by atoms with Crippen LogP contribution in [-0.2, 0) is 0 Å². The van der Waals surface area contributed by atoms with Crippen LogP contribution in [0.1, 0.15) is 16.7 Å². The molecule has 53 valence electrons. The van der Waals surface area contributed by atoms with Gasteiger partial charge in [-0.05, 0) is 12.1 Å². The van der Waals surface area contributed by atoms with Gasteiger partial charge in [0, 0.05) is 22.8 Å². The summed E-state index contributed by atoms with van der Waals surface area (Å²) in [5, 5.41) is 0. The number of hydrogen-bond acceptors (Lipinski definition) is 0. The van der Waals surface area contributed by atoms with Gasteiger partial charge in [0.05, 0.1) is 0 Å². The molecule has 0 aliphatic carbocycles. The normalized spacial score (nSPS) is 7.75. The lowest BCUT2D eigenvalue weighted by atomic mass is 10.1. The lowest BCUT2D eigenvalue weighted by Gasteiger charge is -1.94. The lowest BCUT2D eigenvalue weighted by molar-refractivity contribution is 1.55. The van der Waals surface area contributed by atoms with Crippen molar-refractivity contribution >= 4 is 0 Å². The summed E-state index contributed by atoms with van der Waals surface area (Å²) in [4.78, 5) is 0. The monoisotopic (exact) mass is 149 g/mol. The molecule has 1 radical (unpaired) electrons. The van der Waals surface area contributed by atoms with Crippen LogP contribution in [0.2, 0.25) is 0 Å². The third kappa shape index (κ3) is 1.49. The molecule has 0 heterocycles. The molecular formula is C12H5. The van der Waals surface area contributed by atoms with Crippen LogP contribution in [0.25, 0.3) is 0 Å². The van der Waals surface area contributed by atoms with E-state index in [-0.39, 0.29) is 0 Å². The summed E-state index contributed by atoms with van der Waals surface area (Å²) >= 11 is 0. The molecule has 1 aromatic carbocycles. The van der Waals surface area contributed by atoms with E-state index in [0.717, 1.165) is 0 Å². The summed E-state index contributed by atoms with van der Waals surface area (Å²) in [6.45, 7) is 0. The van der Waals surface area contributed by atoms with E-state index in [9.17, 15) is 0 Å². The highest BCUT2D eigenvalue weighted by atomic mass is 14.0. The first-order valence-electron chi connectivity index (χ1n) is 3.27. The van der Waals surface area contributed by atoms with E-state index in [1.807, 2.05) is 0 Å². The van der Waals surface area contributed by atoms with Gasteiger partial charge in [0.25, 0.3) is 0 Å². The summed E-state index contributed by atoms with van der Waals surface area (Å²) in [7, 11) is 0. The molecule has 0 aliphatic heterocycles. The first-order chi connectivity index (χ1) is 5.80. The van der Waals surface area contributed by atoms with E-state index in [4.69, 9.17) is 19.3 Å². The smallest absolute Gasteiger partial charge is 0.0346 e. The summed E-state index contributed by atoms with van der Waals surface area (Å²) in [6.07, 6.45) is 15.6. The van der Waals surface area contributed by atoms with Gasteiger partial charge in [-0.25, -0.2) is 0 Å². The summed E-state index contributed by atoms with van der Waals surface area (Å²) in [5.74, 6) is 7.32. The fraction of sp³-hybridized carbons (Fsp3) is 0. The zero-order valence-corrected chi connectivity index (χ0v) is 6.39. The molecule has 1 aromatic rings. The van der Waals surface area contributed by atoms with Gasteiger partial charge in [0.1, 0.15) is 0 Å². The van der Waals surface area contributed by atoms with Crippen LogP contribution in [0.3, 0.4) is 0 Å². The van der Waals surface area contributed by atoms with E-state index < -0.39 is 0 Å². The van der Waals surface area contributed by atoms with Gasteiger partial charge in [-0.2, -0.15) is 0 Å². The summed E-state index contributed by atoms with van der Waals surface area (Å²) in [5.41, 5.74) is 1.88. The maximum Gasteiger partial charge on any atom is 0.0346 e. The summed E-state index contributed by atoms with van der Waals surface area (Å²) < 4.78 is 0. The Morgan fingerprint density at radius 3 is 1.75 bits per heavy atom. The predicted octanol–water partition coefficient (Wildman–Crippen LogP) is 1.43. The van der Waals surface area contributed by atoms with E-state index >= 15 is 0 Å². The second-order valence-electron chi connectivity index (χ2n) is 2.13. The van der Waals surface area contributed by atoms with Crippen molar-refractivity contribution in [2.24, 2.45) is 0 Å². The van der Waals surface area contributed by atoms with Crippen LogP contribution in [-0.4, -0.2) is 0 Å². The maximum atomic E-state index is 5.20. The Morgan fingerprint density at radius 2 is 1.42 bits per heavy atom. The number of hydrogen-bond donors (Lipinski definition) is 0. The van der Waals surface area contributed by atoms with E-state index in [2.05, 4.69) is 23.8 Å². The Kier molecular flexibility index (Phi) is 2.23. The van der Waals surface area contributed by atoms with E-state index in [0.29, 0.717) is 16.7 Å². The van der Waals surface area contributed by atoms with Gasteiger partial charge in [0.2, 0.25) is 0 Å². The van der Waals surface area contributed by atoms with Crippen molar-refractivity contribution in [2.45, 2.75) is 0 Å². The Balaban J connectivity index is 3.36. The second kappa shape index (κ2) is 3.34. The van der Waals surface area contributed by atoms with Crippen LogP contribution < -0.4 is 0 Å². The molecule has 0 aromatic heterocycles. The molecule has 0 heteroatoms. The molecule has 0 spiro atoms. The molecule has 0 aliphatic rings. The molecule has 0 nitrogen and oxygen atoms in total. The molecule has 0 unspecified atom stereocenters. The number of benzene rings is 1. The fourth-order valence-corrected chi connectivity index (χ4v) is 0.809. The predicted molar refractivity (Wildman–Crippen MR) is 49.1 cm³/mol. The van der Waals surface area contributed by atoms with Crippen molar-refractivity contribution in [1.29, 1.82) is 0 Å². The van der Waals surface area contributed by atoms with Gasteiger partial charge in [-0.3, -0.25) is 0 Å². The van der Waals surface area contributed by atoms with E-state index in [1.54, 1.807) is 12.1 Å². The standard InChI is InChI=1S/C12H5/c1-4-10-7-11(5-2)9-12(6-3)8-10/h1-3,7-8H. The quantitative estimate of drug-likeness (QED) is 0.489. The molecule has 0 fully saturated rings. The van der Waals surface area contributed by atoms with Gasteiger partial charge < -0.3 is 0 Å². The first kappa shape index (κ1) is 8.00. The number of rotatable bonds is 0. The molecular weight excluding hydrogens is 144 g/mol. The van der Waals surface area contributed by atoms with Crippen LogP contribution in [0.4, 0.5) is 0 Å². The highest BCUT2D eigenvalue weighted by Gasteiger charge is 1.95. The Bertz CT molecular complexity index is 338. The number of terminal acetylenes is 3. The van der Waals surface area contributed by atoms with Crippen molar-refractivity contribution in [2.75, 3.05) is 0 Å². The van der Waals surface area contributed by atoms with Crippen molar-refractivity contribution in [3.63, 3.8) is 0 Å². The average Bonchev–Trinajstić information content (AvgIpc) is 2.16. The summed E-state index contributed by atoms with van der Waals surface area (Å²) in [6, 6.07) is 6.24. The Labute approximate surface area is 72.6 Å². The SMILES string of the molecule is C#Cc1[c]c(C#C)cc(C#C)c1. The molecule has 0 amide bonds. The highest BCUT2D eigenvalue weighted by molar-refractivity contribution is 5.48. The van der Waals surface area contributed by atoms with Gasteiger partial charge in [0.15, 0.2) is 0 Å². The molecule has 0 saturated carbocycles. The van der Waals surface area contributed by atoms with Crippen molar-refractivity contribution in [3.8, 4) is 37.0 Å². The zero-order chi connectivity index (χ0) is 8.97. The van der Waals surface area contributed by atoms with Crippen molar-refractivity contribution in [3.05, 3.63) is 34.9 Å². The third-order valence-electron chi connectivity index (χ3n) is 1.35. The van der Waals surface area contributed by atoms with Gasteiger partial charge in [-0.1, -0.05) is 17.8 Å². The molecule has 0 bridgehead atoms. The molecule has 0 N–H and O–H groups in total. The van der Waals surface area contributed by atoms with Crippen molar-refractivity contribution in [1.82, 2.24) is 0 Å². The fourth-order valence-electron chi connectivity index (χ4n) is 0.809. The maximum absolute atomic E-state index is 5.20. The minimum absolute atomic E-state index is 0.596. The molecule has 0 atom stereocenters. The molecule has 0 saturated heterocycles.